The van der Waals surface area contributed by atoms with Crippen LogP contribution in [-0.4, -0.2) is 29.2 Å². The van der Waals surface area contributed by atoms with Gasteiger partial charge in [-0.25, -0.2) is 4.79 Å². The lowest BCUT2D eigenvalue weighted by atomic mass is 9.97. The normalized spacial score (nSPS) is 30.9. The van der Waals surface area contributed by atoms with Gasteiger partial charge in [0.1, 0.15) is 5.60 Å². The third-order valence-electron chi connectivity index (χ3n) is 4.03. The van der Waals surface area contributed by atoms with Crippen LogP contribution >= 0.6 is 0 Å². The Morgan fingerprint density at radius 3 is 2.61 bits per heavy atom. The summed E-state index contributed by atoms with van der Waals surface area (Å²) in [6.07, 6.45) is 5.97. The highest BCUT2D eigenvalue weighted by molar-refractivity contribution is 5.69. The van der Waals surface area contributed by atoms with E-state index >= 15 is 0 Å². The van der Waals surface area contributed by atoms with Gasteiger partial charge in [-0.3, -0.25) is 0 Å². The molecule has 0 aromatic carbocycles. The average molecular weight is 253 g/mol. The van der Waals surface area contributed by atoms with E-state index in [4.69, 9.17) is 4.74 Å². The molecule has 2 fully saturated rings. The second-order valence-corrected chi connectivity index (χ2v) is 6.92. The van der Waals surface area contributed by atoms with Gasteiger partial charge in [0.25, 0.3) is 0 Å². The summed E-state index contributed by atoms with van der Waals surface area (Å²) in [7, 11) is 0. The third-order valence-corrected chi connectivity index (χ3v) is 4.03. The van der Waals surface area contributed by atoms with Crippen molar-refractivity contribution in [2.45, 2.75) is 71.4 Å². The van der Waals surface area contributed by atoms with E-state index in [0.717, 1.165) is 24.8 Å². The van der Waals surface area contributed by atoms with Gasteiger partial charge in [0.15, 0.2) is 0 Å². The lowest BCUT2D eigenvalue weighted by molar-refractivity contribution is 0.00741. The first-order valence-electron chi connectivity index (χ1n) is 7.40. The monoisotopic (exact) mass is 253 g/mol. The highest BCUT2D eigenvalue weighted by Crippen LogP contribution is 2.48. The molecule has 3 unspecified atom stereocenters. The third kappa shape index (κ3) is 3.39. The molecule has 1 aliphatic carbocycles. The second-order valence-electron chi connectivity index (χ2n) is 6.92. The van der Waals surface area contributed by atoms with Crippen molar-refractivity contribution in [3.63, 3.8) is 0 Å². The molecule has 3 heteroatoms. The number of unbranched alkanes of at least 4 members (excludes halogenated alkanes) is 1. The Hall–Kier alpha value is -0.730. The minimum atomic E-state index is -0.382. The molecule has 3 atom stereocenters. The van der Waals surface area contributed by atoms with Gasteiger partial charge in [-0.1, -0.05) is 19.8 Å². The van der Waals surface area contributed by atoms with E-state index in [2.05, 4.69) is 6.92 Å². The van der Waals surface area contributed by atoms with E-state index in [0.29, 0.717) is 6.04 Å². The minimum Gasteiger partial charge on any atom is -0.444 e. The van der Waals surface area contributed by atoms with E-state index in [9.17, 15) is 4.79 Å². The first-order valence-corrected chi connectivity index (χ1v) is 7.40. The van der Waals surface area contributed by atoms with Gasteiger partial charge in [0.05, 0.1) is 0 Å². The summed E-state index contributed by atoms with van der Waals surface area (Å²) in [5.41, 5.74) is -0.382. The van der Waals surface area contributed by atoms with Crippen LogP contribution in [0.1, 0.15) is 59.8 Å². The van der Waals surface area contributed by atoms with Crippen LogP contribution < -0.4 is 0 Å². The minimum absolute atomic E-state index is 0.103. The van der Waals surface area contributed by atoms with Crippen LogP contribution in [-0.2, 0) is 4.74 Å². The summed E-state index contributed by atoms with van der Waals surface area (Å²) in [4.78, 5) is 14.3. The number of fused-ring (bicyclic) bond motifs is 1. The van der Waals surface area contributed by atoms with Crippen molar-refractivity contribution in [3.8, 4) is 0 Å². The molecule has 2 aliphatic rings. The molecule has 0 aromatic heterocycles. The van der Waals surface area contributed by atoms with Gasteiger partial charge in [0.2, 0.25) is 0 Å². The van der Waals surface area contributed by atoms with Crippen molar-refractivity contribution in [3.05, 3.63) is 0 Å². The molecule has 1 saturated carbocycles. The highest BCUT2D eigenvalue weighted by Gasteiger charge is 2.47. The van der Waals surface area contributed by atoms with Gasteiger partial charge in [-0.05, 0) is 51.9 Å². The summed E-state index contributed by atoms with van der Waals surface area (Å²) in [6.45, 7) is 8.95. The van der Waals surface area contributed by atoms with Crippen LogP contribution in [0.3, 0.4) is 0 Å². The number of ether oxygens (including phenoxy) is 1. The van der Waals surface area contributed by atoms with Crippen molar-refractivity contribution in [1.29, 1.82) is 0 Å². The van der Waals surface area contributed by atoms with Crippen LogP contribution in [0, 0.1) is 11.8 Å². The van der Waals surface area contributed by atoms with Gasteiger partial charge in [0, 0.05) is 12.6 Å². The number of hydrogen-bond acceptors (Lipinski definition) is 2. The molecular weight excluding hydrogens is 226 g/mol. The Morgan fingerprint density at radius 2 is 2.00 bits per heavy atom. The standard InChI is InChI=1S/C15H27NO2/c1-5-6-7-13-9-11-8-12(11)10-16(13)14(17)18-15(2,3)4/h11-13H,5-10H2,1-4H3. The van der Waals surface area contributed by atoms with Crippen LogP contribution in [0.15, 0.2) is 0 Å². The Balaban J connectivity index is 1.95. The van der Waals surface area contributed by atoms with Crippen molar-refractivity contribution >= 4 is 6.09 Å². The van der Waals surface area contributed by atoms with Gasteiger partial charge in [-0.15, -0.1) is 0 Å². The quantitative estimate of drug-likeness (QED) is 0.765. The maximum absolute atomic E-state index is 12.3. The topological polar surface area (TPSA) is 29.5 Å². The van der Waals surface area contributed by atoms with E-state index in [-0.39, 0.29) is 11.7 Å². The van der Waals surface area contributed by atoms with Gasteiger partial charge in [-0.2, -0.15) is 0 Å². The molecule has 104 valence electrons. The summed E-state index contributed by atoms with van der Waals surface area (Å²) in [6, 6.07) is 0.420. The maximum atomic E-state index is 12.3. The summed E-state index contributed by atoms with van der Waals surface area (Å²) in [5, 5.41) is 0. The van der Waals surface area contributed by atoms with Crippen molar-refractivity contribution in [2.75, 3.05) is 6.54 Å². The smallest absolute Gasteiger partial charge is 0.410 e. The zero-order chi connectivity index (χ0) is 13.3. The maximum Gasteiger partial charge on any atom is 0.410 e. The molecule has 0 radical (unpaired) electrons. The molecule has 18 heavy (non-hydrogen) atoms. The lowest BCUT2D eigenvalue weighted by Crippen LogP contribution is -2.47. The van der Waals surface area contributed by atoms with E-state index < -0.39 is 0 Å². The Morgan fingerprint density at radius 1 is 1.28 bits per heavy atom. The highest BCUT2D eigenvalue weighted by atomic mass is 16.6. The average Bonchev–Trinajstić information content (AvgIpc) is 3.00. The molecule has 1 aliphatic heterocycles. The fraction of sp³-hybridized carbons (Fsp3) is 0.933. The number of nitrogens with zero attached hydrogens (tertiary/aromatic N) is 1. The number of carbonyl (C=O) groups excluding carboxylic acids is 1. The fourth-order valence-electron chi connectivity index (χ4n) is 2.96. The predicted octanol–water partition coefficient (Wildman–Crippen LogP) is 3.82. The molecular formula is C15H27NO2. The zero-order valence-electron chi connectivity index (χ0n) is 12.2. The first kappa shape index (κ1) is 13.7. The summed E-state index contributed by atoms with van der Waals surface area (Å²) >= 11 is 0. The zero-order valence-corrected chi connectivity index (χ0v) is 12.2. The van der Waals surface area contributed by atoms with Crippen LogP contribution in [0.4, 0.5) is 4.79 Å². The Bertz CT molecular complexity index is 308. The molecule has 2 rings (SSSR count). The van der Waals surface area contributed by atoms with Gasteiger partial charge >= 0.3 is 6.09 Å². The first-order chi connectivity index (χ1) is 8.40. The van der Waals surface area contributed by atoms with E-state index in [1.807, 2.05) is 25.7 Å². The lowest BCUT2D eigenvalue weighted by Gasteiger charge is -2.36. The molecule has 1 saturated heterocycles. The second kappa shape index (κ2) is 5.10. The van der Waals surface area contributed by atoms with E-state index in [1.165, 1.54) is 25.7 Å². The van der Waals surface area contributed by atoms with Crippen LogP contribution in [0.5, 0.6) is 0 Å². The summed E-state index contributed by atoms with van der Waals surface area (Å²) in [5.74, 6) is 1.65. The number of amides is 1. The van der Waals surface area contributed by atoms with Crippen molar-refractivity contribution in [1.82, 2.24) is 4.90 Å². The van der Waals surface area contributed by atoms with Crippen LogP contribution in [0.25, 0.3) is 0 Å². The molecule has 0 N–H and O–H groups in total. The van der Waals surface area contributed by atoms with Gasteiger partial charge < -0.3 is 9.64 Å². The van der Waals surface area contributed by atoms with E-state index in [1.54, 1.807) is 0 Å². The molecule has 1 heterocycles. The molecule has 0 aromatic rings. The number of likely N-dealkylation sites (tertiary alicyclic amines) is 1. The molecule has 0 spiro atoms. The largest absolute Gasteiger partial charge is 0.444 e. The van der Waals surface area contributed by atoms with Crippen LogP contribution in [0.2, 0.25) is 0 Å². The molecule has 1 amide bonds. The molecule has 3 nitrogen and oxygen atoms in total. The summed E-state index contributed by atoms with van der Waals surface area (Å²) < 4.78 is 5.54. The Kier molecular flexibility index (Phi) is 3.88. The number of carbonyl (C=O) groups is 1. The number of hydrogen-bond donors (Lipinski definition) is 0. The SMILES string of the molecule is CCCCC1CC2CC2CN1C(=O)OC(C)(C)C. The molecule has 0 bridgehead atoms. The van der Waals surface area contributed by atoms with Crippen molar-refractivity contribution in [2.24, 2.45) is 11.8 Å². The number of piperidine rings is 1. The van der Waals surface area contributed by atoms with Crippen molar-refractivity contribution < 1.29 is 9.53 Å². The Labute approximate surface area is 111 Å². The predicted molar refractivity (Wildman–Crippen MR) is 72.5 cm³/mol. The number of rotatable bonds is 3. The fourth-order valence-corrected chi connectivity index (χ4v) is 2.96.